The summed E-state index contributed by atoms with van der Waals surface area (Å²) in [5.74, 6) is -3.15. The van der Waals surface area contributed by atoms with Crippen molar-refractivity contribution in [3.05, 3.63) is 35.2 Å². The number of rotatable bonds is 4. The fourth-order valence-corrected chi connectivity index (χ4v) is 1.65. The second kappa shape index (κ2) is 5.22. The minimum Gasteiger partial charge on any atom is -0.872 e. The van der Waals surface area contributed by atoms with Gasteiger partial charge in [-0.2, -0.15) is 0 Å². The molecule has 0 aromatic heterocycles. The van der Waals surface area contributed by atoms with Crippen LogP contribution in [0.1, 0.15) is 0 Å². The SMILES string of the molecule is O=C(O)/C=C(/Sc1ccc([O-])cc1)C(=O)[O-]. The van der Waals surface area contributed by atoms with Crippen LogP contribution in [0.15, 0.2) is 40.1 Å². The average Bonchev–Trinajstić information content (AvgIpc) is 2.19. The molecule has 84 valence electrons. The second-order valence-electron chi connectivity index (χ2n) is 2.71. The van der Waals surface area contributed by atoms with Crippen molar-refractivity contribution < 1.29 is 24.9 Å². The Hall–Kier alpha value is -1.95. The quantitative estimate of drug-likeness (QED) is 0.564. The minimum atomic E-state index is -1.57. The number of thioether (sulfide) groups is 1. The van der Waals surface area contributed by atoms with Gasteiger partial charge in [-0.3, -0.25) is 0 Å². The van der Waals surface area contributed by atoms with E-state index in [-0.39, 0.29) is 5.75 Å². The Labute approximate surface area is 95.0 Å². The number of aliphatic carboxylic acids is 2. The molecule has 6 heteroatoms. The van der Waals surface area contributed by atoms with Crippen LogP contribution in [-0.2, 0) is 9.59 Å². The van der Waals surface area contributed by atoms with Crippen molar-refractivity contribution in [3.63, 3.8) is 0 Å². The molecule has 5 nitrogen and oxygen atoms in total. The third-order valence-electron chi connectivity index (χ3n) is 1.51. The van der Waals surface area contributed by atoms with Crippen LogP contribution in [0.2, 0.25) is 0 Å². The van der Waals surface area contributed by atoms with E-state index >= 15 is 0 Å². The number of benzene rings is 1. The number of hydrogen-bond acceptors (Lipinski definition) is 5. The molecule has 0 fully saturated rings. The molecule has 0 spiro atoms. The number of carboxylic acids is 2. The lowest BCUT2D eigenvalue weighted by atomic mass is 10.3. The third kappa shape index (κ3) is 3.66. The van der Waals surface area contributed by atoms with Crippen LogP contribution < -0.4 is 10.2 Å². The molecule has 16 heavy (non-hydrogen) atoms. The average molecular weight is 238 g/mol. The van der Waals surface area contributed by atoms with E-state index in [4.69, 9.17) is 5.11 Å². The highest BCUT2D eigenvalue weighted by Crippen LogP contribution is 2.26. The number of carboxylic acid groups (broad SMARTS) is 2. The molecule has 0 aliphatic carbocycles. The Morgan fingerprint density at radius 1 is 1.25 bits per heavy atom. The van der Waals surface area contributed by atoms with Crippen LogP contribution in [0.25, 0.3) is 0 Å². The first kappa shape index (κ1) is 12.1. The van der Waals surface area contributed by atoms with Gasteiger partial charge in [-0.1, -0.05) is 23.9 Å². The highest BCUT2D eigenvalue weighted by atomic mass is 32.2. The van der Waals surface area contributed by atoms with Gasteiger partial charge < -0.3 is 20.1 Å². The zero-order chi connectivity index (χ0) is 12.1. The van der Waals surface area contributed by atoms with E-state index in [1.54, 1.807) is 0 Å². The van der Waals surface area contributed by atoms with Gasteiger partial charge in [0.15, 0.2) is 0 Å². The van der Waals surface area contributed by atoms with E-state index < -0.39 is 16.8 Å². The Balaban J connectivity index is 2.88. The Morgan fingerprint density at radius 3 is 2.25 bits per heavy atom. The molecule has 1 N–H and O–H groups in total. The lowest BCUT2D eigenvalue weighted by Crippen LogP contribution is -2.23. The molecule has 0 amide bonds. The first-order valence-corrected chi connectivity index (χ1v) is 4.91. The maximum atomic E-state index is 10.8. The first-order chi connectivity index (χ1) is 7.49. The van der Waals surface area contributed by atoms with Gasteiger partial charge in [-0.05, 0) is 12.1 Å². The zero-order valence-corrected chi connectivity index (χ0v) is 8.69. The highest BCUT2D eigenvalue weighted by Gasteiger charge is 2.04. The van der Waals surface area contributed by atoms with E-state index in [1.807, 2.05) is 0 Å². The maximum Gasteiger partial charge on any atom is 0.329 e. The summed E-state index contributed by atoms with van der Waals surface area (Å²) in [4.78, 5) is 20.9. The van der Waals surface area contributed by atoms with Crippen molar-refractivity contribution >= 4 is 23.7 Å². The lowest BCUT2D eigenvalue weighted by Gasteiger charge is -2.09. The summed E-state index contributed by atoms with van der Waals surface area (Å²) in [6.45, 7) is 0. The molecular weight excluding hydrogens is 232 g/mol. The lowest BCUT2D eigenvalue weighted by molar-refractivity contribution is -0.298. The monoisotopic (exact) mass is 238 g/mol. The zero-order valence-electron chi connectivity index (χ0n) is 7.88. The van der Waals surface area contributed by atoms with Crippen LogP contribution in [0, 0.1) is 0 Å². The summed E-state index contributed by atoms with van der Waals surface area (Å²) in [5.41, 5.74) is 0. The smallest absolute Gasteiger partial charge is 0.329 e. The van der Waals surface area contributed by atoms with Gasteiger partial charge in [0.1, 0.15) is 0 Å². The first-order valence-electron chi connectivity index (χ1n) is 4.10. The summed E-state index contributed by atoms with van der Waals surface area (Å²) >= 11 is 0.713. The van der Waals surface area contributed by atoms with Crippen LogP contribution in [0.4, 0.5) is 0 Å². The predicted molar refractivity (Wildman–Crippen MR) is 52.5 cm³/mol. The Kier molecular flexibility index (Phi) is 3.96. The van der Waals surface area contributed by atoms with E-state index in [2.05, 4.69) is 0 Å². The predicted octanol–water partition coefficient (Wildman–Crippen LogP) is -0.429. The van der Waals surface area contributed by atoms with Gasteiger partial charge in [0.05, 0.1) is 5.97 Å². The van der Waals surface area contributed by atoms with E-state index in [1.165, 1.54) is 24.3 Å². The molecule has 0 heterocycles. The van der Waals surface area contributed by atoms with Gasteiger partial charge in [0, 0.05) is 15.9 Å². The van der Waals surface area contributed by atoms with Crippen LogP contribution in [0.5, 0.6) is 5.75 Å². The molecule has 0 bridgehead atoms. The standard InChI is InChI=1S/C10H8O5S/c11-6-1-3-7(4-2-6)16-8(10(14)15)5-9(12)13/h1-5,11H,(H,12,13)(H,14,15)/p-2/b8-5+. The van der Waals surface area contributed by atoms with Gasteiger partial charge in [-0.25, -0.2) is 4.79 Å². The number of carbonyl (C=O) groups excluding carboxylic acids is 1. The minimum absolute atomic E-state index is 0.207. The molecule has 1 rings (SSSR count). The largest absolute Gasteiger partial charge is 0.872 e. The summed E-state index contributed by atoms with van der Waals surface area (Å²) in [7, 11) is 0. The second-order valence-corrected chi connectivity index (χ2v) is 3.82. The van der Waals surface area contributed by atoms with E-state index in [9.17, 15) is 19.8 Å². The maximum absolute atomic E-state index is 10.8. The molecule has 0 radical (unpaired) electrons. The number of carbonyl (C=O) groups is 2. The fourth-order valence-electron chi connectivity index (χ4n) is 0.877. The molecule has 0 saturated heterocycles. The van der Waals surface area contributed by atoms with Crippen molar-refractivity contribution in [2.75, 3.05) is 0 Å². The molecule has 0 atom stereocenters. The topological polar surface area (TPSA) is 100 Å². The molecule has 0 aliphatic rings. The van der Waals surface area contributed by atoms with Crippen molar-refractivity contribution in [2.45, 2.75) is 4.90 Å². The Bertz CT molecular complexity index is 435. The van der Waals surface area contributed by atoms with Crippen molar-refractivity contribution in [1.29, 1.82) is 0 Å². The summed E-state index contributed by atoms with van der Waals surface area (Å²) < 4.78 is 0. The highest BCUT2D eigenvalue weighted by molar-refractivity contribution is 8.04. The molecular formula is C10H6O5S-2. The normalized spacial score (nSPS) is 11.1. The van der Waals surface area contributed by atoms with E-state index in [0.717, 1.165) is 0 Å². The third-order valence-corrected chi connectivity index (χ3v) is 2.52. The summed E-state index contributed by atoms with van der Waals surface area (Å²) in [5, 5.41) is 29.8. The molecule has 0 saturated carbocycles. The van der Waals surface area contributed by atoms with Gasteiger partial charge >= 0.3 is 5.97 Å². The van der Waals surface area contributed by atoms with Gasteiger partial charge in [0.25, 0.3) is 0 Å². The summed E-state index contributed by atoms with van der Waals surface area (Å²) in [6.07, 6.45) is 0.547. The van der Waals surface area contributed by atoms with Crippen molar-refractivity contribution in [1.82, 2.24) is 0 Å². The van der Waals surface area contributed by atoms with E-state index in [0.29, 0.717) is 22.7 Å². The Morgan fingerprint density at radius 2 is 1.81 bits per heavy atom. The molecule has 0 unspecified atom stereocenters. The van der Waals surface area contributed by atoms with Crippen LogP contribution >= 0.6 is 11.8 Å². The molecule has 0 aliphatic heterocycles. The van der Waals surface area contributed by atoms with Gasteiger partial charge in [0.2, 0.25) is 0 Å². The van der Waals surface area contributed by atoms with Crippen LogP contribution in [-0.4, -0.2) is 17.0 Å². The van der Waals surface area contributed by atoms with Crippen LogP contribution in [0.3, 0.4) is 0 Å². The van der Waals surface area contributed by atoms with Crippen molar-refractivity contribution in [2.24, 2.45) is 0 Å². The fraction of sp³-hybridized carbons (Fsp3) is 0. The summed E-state index contributed by atoms with van der Waals surface area (Å²) in [6, 6.07) is 5.34. The number of hydrogen-bond donors (Lipinski definition) is 1. The molecule has 1 aromatic rings. The van der Waals surface area contributed by atoms with Crippen molar-refractivity contribution in [3.8, 4) is 5.75 Å². The van der Waals surface area contributed by atoms with Gasteiger partial charge in [-0.15, -0.1) is 5.75 Å². The molecule has 1 aromatic carbocycles.